The fraction of sp³-hybridized carbons (Fsp3) is 1.00. The van der Waals surface area contributed by atoms with Gasteiger partial charge in [0.25, 0.3) is 0 Å². The molecule has 0 aromatic carbocycles. The van der Waals surface area contributed by atoms with Crippen molar-refractivity contribution in [3.8, 4) is 0 Å². The molecule has 0 bridgehead atoms. The molecule has 1 saturated carbocycles. The van der Waals surface area contributed by atoms with Crippen LogP contribution in [-0.2, 0) is 9.84 Å². The summed E-state index contributed by atoms with van der Waals surface area (Å²) >= 11 is 0. The third-order valence-electron chi connectivity index (χ3n) is 4.06. The lowest BCUT2D eigenvalue weighted by molar-refractivity contribution is 0.181. The molecule has 0 saturated heterocycles. The Balaban J connectivity index is 2.60. The lowest BCUT2D eigenvalue weighted by Crippen LogP contribution is -2.42. The van der Waals surface area contributed by atoms with Gasteiger partial charge in [-0.3, -0.25) is 0 Å². The maximum absolute atomic E-state index is 11.3. The smallest absolute Gasteiger partial charge is 0.148 e. The fourth-order valence-electron chi connectivity index (χ4n) is 2.74. The third kappa shape index (κ3) is 4.06. The Kier molecular flexibility index (Phi) is 4.80. The zero-order valence-corrected chi connectivity index (χ0v) is 11.7. The predicted octanol–water partition coefficient (Wildman–Crippen LogP) is 1.69. The molecule has 1 N–H and O–H groups in total. The Morgan fingerprint density at radius 2 is 1.88 bits per heavy atom. The van der Waals surface area contributed by atoms with Gasteiger partial charge >= 0.3 is 0 Å². The quantitative estimate of drug-likeness (QED) is 0.822. The maximum Gasteiger partial charge on any atom is 0.148 e. The molecule has 1 aliphatic rings. The van der Waals surface area contributed by atoms with E-state index in [1.54, 1.807) is 0 Å². The van der Waals surface area contributed by atoms with Crippen molar-refractivity contribution < 1.29 is 8.42 Å². The molecule has 1 aliphatic carbocycles. The van der Waals surface area contributed by atoms with Crippen molar-refractivity contribution in [3.63, 3.8) is 0 Å². The van der Waals surface area contributed by atoms with Crippen LogP contribution in [0.3, 0.4) is 0 Å². The van der Waals surface area contributed by atoms with E-state index in [1.165, 1.54) is 12.7 Å². The van der Waals surface area contributed by atoms with Gasteiger partial charge in [0, 0.05) is 12.3 Å². The van der Waals surface area contributed by atoms with Crippen molar-refractivity contribution in [3.05, 3.63) is 0 Å². The van der Waals surface area contributed by atoms with Crippen molar-refractivity contribution in [2.24, 2.45) is 17.8 Å². The molecule has 0 heterocycles. The van der Waals surface area contributed by atoms with E-state index in [0.29, 0.717) is 11.8 Å². The van der Waals surface area contributed by atoms with Crippen molar-refractivity contribution in [2.45, 2.75) is 39.2 Å². The predicted molar refractivity (Wildman–Crippen MR) is 68.2 cm³/mol. The van der Waals surface area contributed by atoms with Crippen LogP contribution in [0.15, 0.2) is 0 Å². The van der Waals surface area contributed by atoms with E-state index in [9.17, 15) is 8.42 Å². The lowest BCUT2D eigenvalue weighted by Gasteiger charge is -2.36. The van der Waals surface area contributed by atoms with Gasteiger partial charge in [0.05, 0.1) is 5.75 Å². The van der Waals surface area contributed by atoms with Crippen LogP contribution in [0.5, 0.6) is 0 Å². The van der Waals surface area contributed by atoms with E-state index in [4.69, 9.17) is 0 Å². The summed E-state index contributed by atoms with van der Waals surface area (Å²) in [5.74, 6) is 2.29. The molecule has 0 amide bonds. The average molecular weight is 247 g/mol. The van der Waals surface area contributed by atoms with Crippen LogP contribution >= 0.6 is 0 Å². The normalized spacial score (nSPS) is 33.6. The minimum atomic E-state index is -2.88. The molecule has 1 fully saturated rings. The summed E-state index contributed by atoms with van der Waals surface area (Å²) < 4.78 is 22.7. The van der Waals surface area contributed by atoms with Crippen LogP contribution in [0.1, 0.15) is 33.1 Å². The summed E-state index contributed by atoms with van der Waals surface area (Å²) in [6.45, 7) is 4.58. The minimum absolute atomic E-state index is 0.130. The van der Waals surface area contributed by atoms with E-state index in [0.717, 1.165) is 18.8 Å². The second kappa shape index (κ2) is 5.50. The Morgan fingerprint density at radius 3 is 2.31 bits per heavy atom. The second-order valence-electron chi connectivity index (χ2n) is 5.52. The van der Waals surface area contributed by atoms with Gasteiger partial charge in [0.1, 0.15) is 9.84 Å². The summed E-state index contributed by atoms with van der Waals surface area (Å²) in [5, 5.41) is 3.18. The van der Waals surface area contributed by atoms with E-state index < -0.39 is 9.84 Å². The summed E-state index contributed by atoms with van der Waals surface area (Å²) in [6, 6.07) is 0.130. The molecule has 0 aromatic rings. The Morgan fingerprint density at radius 1 is 1.25 bits per heavy atom. The molecular weight excluding hydrogens is 222 g/mol. The standard InChI is InChI=1S/C12H25NO2S/c1-9-5-6-11(7-10(9)2)12(13-3)8-16(4,14)15/h9-13H,5-8H2,1-4H3. The minimum Gasteiger partial charge on any atom is -0.316 e. The van der Waals surface area contributed by atoms with Gasteiger partial charge in [-0.25, -0.2) is 8.42 Å². The summed E-state index contributed by atoms with van der Waals surface area (Å²) in [7, 11) is -1.00. The molecule has 0 aliphatic heterocycles. The molecular formula is C12H25NO2S. The largest absolute Gasteiger partial charge is 0.316 e. The lowest BCUT2D eigenvalue weighted by atomic mass is 9.73. The molecule has 16 heavy (non-hydrogen) atoms. The number of hydrogen-bond acceptors (Lipinski definition) is 3. The van der Waals surface area contributed by atoms with Crippen LogP contribution < -0.4 is 5.32 Å². The van der Waals surface area contributed by atoms with Gasteiger partial charge in [-0.2, -0.15) is 0 Å². The SMILES string of the molecule is CNC(CS(C)(=O)=O)C1CCC(C)C(C)C1. The van der Waals surface area contributed by atoms with Gasteiger partial charge in [-0.05, 0) is 37.6 Å². The van der Waals surface area contributed by atoms with E-state index in [2.05, 4.69) is 19.2 Å². The molecule has 0 radical (unpaired) electrons. The van der Waals surface area contributed by atoms with Gasteiger partial charge in [0.2, 0.25) is 0 Å². The summed E-state index contributed by atoms with van der Waals surface area (Å²) in [6.07, 6.45) is 4.87. The highest BCUT2D eigenvalue weighted by molar-refractivity contribution is 7.90. The molecule has 1 rings (SSSR count). The number of sulfone groups is 1. The van der Waals surface area contributed by atoms with Crippen molar-refractivity contribution >= 4 is 9.84 Å². The summed E-state index contributed by atoms with van der Waals surface area (Å²) in [4.78, 5) is 0. The Labute approximate surface area is 99.9 Å². The first kappa shape index (κ1) is 14.0. The maximum atomic E-state index is 11.3. The zero-order chi connectivity index (χ0) is 12.3. The van der Waals surface area contributed by atoms with Crippen LogP contribution in [0, 0.1) is 17.8 Å². The zero-order valence-electron chi connectivity index (χ0n) is 10.9. The molecule has 0 aromatic heterocycles. The van der Waals surface area contributed by atoms with E-state index >= 15 is 0 Å². The van der Waals surface area contributed by atoms with Crippen LogP contribution in [-0.4, -0.2) is 33.5 Å². The van der Waals surface area contributed by atoms with E-state index in [-0.39, 0.29) is 11.8 Å². The first-order chi connectivity index (χ1) is 7.33. The highest BCUT2D eigenvalue weighted by Crippen LogP contribution is 2.35. The number of hydrogen-bond donors (Lipinski definition) is 1. The Bertz CT molecular complexity index is 313. The van der Waals surface area contributed by atoms with E-state index in [1.807, 2.05) is 7.05 Å². The van der Waals surface area contributed by atoms with Crippen molar-refractivity contribution in [1.82, 2.24) is 5.32 Å². The van der Waals surface area contributed by atoms with Gasteiger partial charge < -0.3 is 5.32 Å². The molecule has 4 unspecified atom stereocenters. The van der Waals surface area contributed by atoms with Gasteiger partial charge in [-0.15, -0.1) is 0 Å². The van der Waals surface area contributed by atoms with Crippen molar-refractivity contribution in [2.75, 3.05) is 19.1 Å². The summed E-state index contributed by atoms with van der Waals surface area (Å²) in [5.41, 5.74) is 0. The van der Waals surface area contributed by atoms with Crippen molar-refractivity contribution in [1.29, 1.82) is 0 Å². The third-order valence-corrected chi connectivity index (χ3v) is 5.03. The van der Waals surface area contributed by atoms with Crippen LogP contribution in [0.2, 0.25) is 0 Å². The molecule has 4 atom stereocenters. The topological polar surface area (TPSA) is 46.2 Å². The molecule has 0 spiro atoms. The highest BCUT2D eigenvalue weighted by Gasteiger charge is 2.30. The first-order valence-corrected chi connectivity index (χ1v) is 8.24. The van der Waals surface area contributed by atoms with Crippen LogP contribution in [0.4, 0.5) is 0 Å². The Hall–Kier alpha value is -0.0900. The second-order valence-corrected chi connectivity index (χ2v) is 7.70. The monoisotopic (exact) mass is 247 g/mol. The molecule has 3 nitrogen and oxygen atoms in total. The van der Waals surface area contributed by atoms with Gasteiger partial charge in [-0.1, -0.05) is 20.3 Å². The number of nitrogens with one attached hydrogen (secondary N) is 1. The molecule has 96 valence electrons. The first-order valence-electron chi connectivity index (χ1n) is 6.18. The highest BCUT2D eigenvalue weighted by atomic mass is 32.2. The van der Waals surface area contributed by atoms with Gasteiger partial charge in [0.15, 0.2) is 0 Å². The molecule has 4 heteroatoms. The van der Waals surface area contributed by atoms with Crippen LogP contribution in [0.25, 0.3) is 0 Å². The average Bonchev–Trinajstić information content (AvgIpc) is 2.17. The fourth-order valence-corrected chi connectivity index (χ4v) is 3.83. The number of rotatable bonds is 4.